The summed E-state index contributed by atoms with van der Waals surface area (Å²) in [6.45, 7) is 0. The summed E-state index contributed by atoms with van der Waals surface area (Å²) >= 11 is 0. The maximum Gasteiger partial charge on any atom is 0.141 e. The van der Waals surface area contributed by atoms with Crippen LogP contribution in [0.2, 0.25) is 0 Å². The summed E-state index contributed by atoms with van der Waals surface area (Å²) in [6.07, 6.45) is 7.34. The van der Waals surface area contributed by atoms with Crippen LogP contribution in [0.15, 0.2) is 18.5 Å². The fourth-order valence-corrected chi connectivity index (χ4v) is 2.49. The molecule has 0 aromatic carbocycles. The van der Waals surface area contributed by atoms with Crippen LogP contribution in [0, 0.1) is 5.82 Å². The fraction of sp³-hybridized carbons (Fsp3) is 0.545. The Morgan fingerprint density at radius 2 is 1.93 bits per heavy atom. The Bertz CT molecular complexity index is 381. The highest BCUT2D eigenvalue weighted by molar-refractivity contribution is 5.39. The van der Waals surface area contributed by atoms with Gasteiger partial charge in [0.2, 0.25) is 0 Å². The van der Waals surface area contributed by atoms with Gasteiger partial charge in [-0.2, -0.15) is 0 Å². The van der Waals surface area contributed by atoms with E-state index in [2.05, 4.69) is 4.98 Å². The molecule has 1 heterocycles. The average molecular weight is 192 g/mol. The molecule has 1 aromatic heterocycles. The third kappa shape index (κ3) is 0.960. The van der Waals surface area contributed by atoms with E-state index in [4.69, 9.17) is 5.73 Å². The van der Waals surface area contributed by atoms with Gasteiger partial charge in [0.05, 0.1) is 6.20 Å². The summed E-state index contributed by atoms with van der Waals surface area (Å²) in [5.74, 6) is -0.252. The average Bonchev–Trinajstić information content (AvgIpc) is 2.98. The van der Waals surface area contributed by atoms with E-state index in [1.165, 1.54) is 6.20 Å². The smallest absolute Gasteiger partial charge is 0.141 e. The number of pyridine rings is 1. The van der Waals surface area contributed by atoms with E-state index in [1.54, 1.807) is 12.3 Å². The van der Waals surface area contributed by atoms with Crippen molar-refractivity contribution in [2.75, 3.05) is 0 Å². The second-order valence-corrected chi connectivity index (χ2v) is 4.63. The summed E-state index contributed by atoms with van der Waals surface area (Å²) < 4.78 is 13.0. The van der Waals surface area contributed by atoms with Crippen molar-refractivity contribution >= 4 is 0 Å². The molecule has 1 aromatic rings. The number of aromatic nitrogens is 1. The van der Waals surface area contributed by atoms with Gasteiger partial charge in [-0.3, -0.25) is 4.98 Å². The summed E-state index contributed by atoms with van der Waals surface area (Å²) in [4.78, 5) is 3.90. The number of hydrogen-bond acceptors (Lipinski definition) is 2. The lowest BCUT2D eigenvalue weighted by Gasteiger charge is -2.22. The molecule has 0 spiro atoms. The van der Waals surface area contributed by atoms with Crippen molar-refractivity contribution in [2.24, 2.45) is 5.73 Å². The van der Waals surface area contributed by atoms with Crippen molar-refractivity contribution in [3.05, 3.63) is 29.8 Å². The molecule has 2 nitrogen and oxygen atoms in total. The summed E-state index contributed by atoms with van der Waals surface area (Å²) in [5.41, 5.74) is 7.22. The fourth-order valence-electron chi connectivity index (χ4n) is 2.49. The van der Waals surface area contributed by atoms with E-state index >= 15 is 0 Å². The molecular formula is C11H13FN2. The number of nitrogens with zero attached hydrogens (tertiary/aromatic N) is 1. The molecule has 0 radical (unpaired) electrons. The SMILES string of the molecule is NC1(C2(c3cncc(F)c3)CC2)CC1. The zero-order chi connectivity index (χ0) is 9.81. The van der Waals surface area contributed by atoms with E-state index in [0.717, 1.165) is 31.2 Å². The number of hydrogen-bond donors (Lipinski definition) is 1. The topological polar surface area (TPSA) is 38.9 Å². The Kier molecular flexibility index (Phi) is 1.40. The first kappa shape index (κ1) is 8.36. The molecule has 2 N–H and O–H groups in total. The molecule has 3 heteroatoms. The van der Waals surface area contributed by atoms with Crippen molar-refractivity contribution in [3.63, 3.8) is 0 Å². The van der Waals surface area contributed by atoms with Crippen molar-refractivity contribution in [3.8, 4) is 0 Å². The van der Waals surface area contributed by atoms with Crippen LogP contribution in [0.3, 0.4) is 0 Å². The second-order valence-electron chi connectivity index (χ2n) is 4.63. The summed E-state index contributed by atoms with van der Waals surface area (Å²) in [5, 5.41) is 0. The van der Waals surface area contributed by atoms with Crippen LogP contribution in [0.25, 0.3) is 0 Å². The third-order valence-corrected chi connectivity index (χ3v) is 3.75. The molecule has 74 valence electrons. The van der Waals surface area contributed by atoms with Gasteiger partial charge >= 0.3 is 0 Å². The van der Waals surface area contributed by atoms with Gasteiger partial charge in [0, 0.05) is 17.2 Å². The van der Waals surface area contributed by atoms with Gasteiger partial charge in [-0.15, -0.1) is 0 Å². The molecule has 3 rings (SSSR count). The highest BCUT2D eigenvalue weighted by Gasteiger charge is 2.64. The van der Waals surface area contributed by atoms with E-state index in [1.807, 2.05) is 0 Å². The molecule has 2 aliphatic rings. The lowest BCUT2D eigenvalue weighted by Crippen LogP contribution is -2.37. The minimum atomic E-state index is -0.252. The van der Waals surface area contributed by atoms with Gasteiger partial charge in [0.1, 0.15) is 5.82 Å². The van der Waals surface area contributed by atoms with Crippen LogP contribution >= 0.6 is 0 Å². The number of nitrogens with two attached hydrogens (primary N) is 1. The quantitative estimate of drug-likeness (QED) is 0.775. The van der Waals surface area contributed by atoms with Gasteiger partial charge in [-0.05, 0) is 37.3 Å². The van der Waals surface area contributed by atoms with Crippen molar-refractivity contribution < 1.29 is 4.39 Å². The predicted molar refractivity (Wildman–Crippen MR) is 51.3 cm³/mol. The normalized spacial score (nSPS) is 25.9. The molecule has 2 fully saturated rings. The molecule has 2 aliphatic carbocycles. The van der Waals surface area contributed by atoms with Gasteiger partial charge in [-0.1, -0.05) is 0 Å². The first-order valence-electron chi connectivity index (χ1n) is 5.06. The minimum Gasteiger partial charge on any atom is -0.324 e. The zero-order valence-corrected chi connectivity index (χ0v) is 7.96. The van der Waals surface area contributed by atoms with Gasteiger partial charge in [-0.25, -0.2) is 4.39 Å². The summed E-state index contributed by atoms with van der Waals surface area (Å²) in [6, 6.07) is 1.59. The second kappa shape index (κ2) is 2.34. The third-order valence-electron chi connectivity index (χ3n) is 3.75. The van der Waals surface area contributed by atoms with Crippen LogP contribution in [0.4, 0.5) is 4.39 Å². The monoisotopic (exact) mass is 192 g/mol. The van der Waals surface area contributed by atoms with E-state index < -0.39 is 0 Å². The Balaban J connectivity index is 2.02. The maximum atomic E-state index is 13.0. The largest absolute Gasteiger partial charge is 0.324 e. The Morgan fingerprint density at radius 1 is 1.21 bits per heavy atom. The molecule has 14 heavy (non-hydrogen) atoms. The molecule has 0 aliphatic heterocycles. The molecule has 0 saturated heterocycles. The van der Waals surface area contributed by atoms with Crippen molar-refractivity contribution in [2.45, 2.75) is 36.6 Å². The van der Waals surface area contributed by atoms with E-state index in [0.29, 0.717) is 0 Å². The lowest BCUT2D eigenvalue weighted by molar-refractivity contribution is 0.497. The van der Waals surface area contributed by atoms with E-state index in [-0.39, 0.29) is 16.8 Å². The first-order valence-corrected chi connectivity index (χ1v) is 5.06. The number of rotatable bonds is 2. The van der Waals surface area contributed by atoms with Crippen LogP contribution in [0.5, 0.6) is 0 Å². The molecule has 0 atom stereocenters. The Labute approximate surface area is 82.3 Å². The molecular weight excluding hydrogens is 179 g/mol. The number of halogens is 1. The summed E-state index contributed by atoms with van der Waals surface area (Å²) in [7, 11) is 0. The Morgan fingerprint density at radius 3 is 2.43 bits per heavy atom. The van der Waals surface area contributed by atoms with Crippen molar-refractivity contribution in [1.82, 2.24) is 4.98 Å². The predicted octanol–water partition coefficient (Wildman–Crippen LogP) is 1.74. The van der Waals surface area contributed by atoms with Crippen LogP contribution < -0.4 is 5.73 Å². The minimum absolute atomic E-state index is 0.0531. The molecule has 0 unspecified atom stereocenters. The van der Waals surface area contributed by atoms with Gasteiger partial charge in [0.15, 0.2) is 0 Å². The first-order chi connectivity index (χ1) is 6.66. The molecule has 0 bridgehead atoms. The lowest BCUT2D eigenvalue weighted by atomic mass is 9.87. The van der Waals surface area contributed by atoms with Crippen LogP contribution in [-0.2, 0) is 5.41 Å². The molecule has 2 saturated carbocycles. The van der Waals surface area contributed by atoms with E-state index in [9.17, 15) is 4.39 Å². The van der Waals surface area contributed by atoms with Gasteiger partial charge < -0.3 is 5.73 Å². The van der Waals surface area contributed by atoms with Gasteiger partial charge in [0.25, 0.3) is 0 Å². The zero-order valence-electron chi connectivity index (χ0n) is 7.96. The Hall–Kier alpha value is -0.960. The highest BCUT2D eigenvalue weighted by Crippen LogP contribution is 2.63. The standard InChI is InChI=1S/C11H13FN2/c12-9-5-8(6-14-7-9)10(1-2-10)11(13)3-4-11/h5-7H,1-4,13H2. The van der Waals surface area contributed by atoms with Crippen LogP contribution in [-0.4, -0.2) is 10.5 Å². The van der Waals surface area contributed by atoms with Crippen LogP contribution in [0.1, 0.15) is 31.2 Å². The van der Waals surface area contributed by atoms with Crippen molar-refractivity contribution in [1.29, 1.82) is 0 Å². The highest BCUT2D eigenvalue weighted by atomic mass is 19.1. The molecule has 0 amide bonds. The maximum absolute atomic E-state index is 13.0.